The summed E-state index contributed by atoms with van der Waals surface area (Å²) in [6.45, 7) is 0. The van der Waals surface area contributed by atoms with E-state index in [1.54, 1.807) is 24.3 Å². The Bertz CT molecular complexity index is 606. The number of carbonyl (C=O) groups is 1. The van der Waals surface area contributed by atoms with E-state index >= 15 is 0 Å². The van der Waals surface area contributed by atoms with Gasteiger partial charge in [-0.2, -0.15) is 0 Å². The number of nitrogens with zero attached hydrogens (tertiary/aromatic N) is 1. The number of halogens is 3. The van der Waals surface area contributed by atoms with Gasteiger partial charge in [-0.1, -0.05) is 34.8 Å². The first kappa shape index (κ1) is 13.1. The minimum absolute atomic E-state index is 0.182. The predicted molar refractivity (Wildman–Crippen MR) is 74.5 cm³/mol. The summed E-state index contributed by atoms with van der Waals surface area (Å²) in [6.07, 6.45) is 0.604. The monoisotopic (exact) mass is 300 g/mol. The van der Waals surface area contributed by atoms with Crippen molar-refractivity contribution >= 4 is 46.9 Å². The minimum atomic E-state index is 0.182. The molecule has 0 aliphatic carbocycles. The summed E-state index contributed by atoms with van der Waals surface area (Å²) < 4.78 is 0. The molecule has 1 aromatic heterocycles. The molecule has 1 heterocycles. The van der Waals surface area contributed by atoms with Gasteiger partial charge in [-0.3, -0.25) is 4.79 Å². The second-order valence-corrected chi connectivity index (χ2v) is 4.78. The van der Waals surface area contributed by atoms with E-state index < -0.39 is 0 Å². The second-order valence-electron chi connectivity index (χ2n) is 3.53. The fraction of sp³-hybridized carbons (Fsp3) is 0. The molecule has 6 heteroatoms. The Morgan fingerprint density at radius 3 is 2.28 bits per heavy atom. The van der Waals surface area contributed by atoms with Crippen LogP contribution >= 0.6 is 34.8 Å². The van der Waals surface area contributed by atoms with Gasteiger partial charge < -0.3 is 5.73 Å². The van der Waals surface area contributed by atoms with E-state index in [9.17, 15) is 4.79 Å². The van der Waals surface area contributed by atoms with Crippen molar-refractivity contribution in [3.8, 4) is 11.1 Å². The van der Waals surface area contributed by atoms with Crippen LogP contribution in [0.2, 0.25) is 15.1 Å². The number of nitrogens with two attached hydrogens (primary N) is 1. The number of aromatic nitrogens is 1. The highest BCUT2D eigenvalue weighted by Gasteiger charge is 2.14. The Balaban J connectivity index is 2.73. The molecule has 0 saturated carbocycles. The largest absolute Gasteiger partial charge is 0.384 e. The molecule has 1 aromatic carbocycles. The summed E-state index contributed by atoms with van der Waals surface area (Å²) in [6, 6.07) is 6.32. The van der Waals surface area contributed by atoms with Gasteiger partial charge in [-0.05, 0) is 24.3 Å². The van der Waals surface area contributed by atoms with Crippen LogP contribution in [0, 0.1) is 0 Å². The summed E-state index contributed by atoms with van der Waals surface area (Å²) in [5.41, 5.74) is 6.74. The molecule has 0 aliphatic rings. The molecule has 2 aromatic rings. The van der Waals surface area contributed by atoms with E-state index in [2.05, 4.69) is 4.98 Å². The van der Waals surface area contributed by atoms with Crippen molar-refractivity contribution in [3.63, 3.8) is 0 Å². The first-order valence-electron chi connectivity index (χ1n) is 4.89. The lowest BCUT2D eigenvalue weighted by Crippen LogP contribution is -1.98. The van der Waals surface area contributed by atoms with Crippen molar-refractivity contribution in [2.45, 2.75) is 0 Å². The number of hydrogen-bond donors (Lipinski definition) is 1. The Labute approximate surface area is 118 Å². The highest BCUT2D eigenvalue weighted by molar-refractivity contribution is 6.42. The molecule has 0 bridgehead atoms. The maximum atomic E-state index is 11.0. The fourth-order valence-electron chi connectivity index (χ4n) is 1.59. The quantitative estimate of drug-likeness (QED) is 0.849. The van der Waals surface area contributed by atoms with Crippen LogP contribution in [-0.2, 0) is 0 Å². The van der Waals surface area contributed by atoms with Crippen molar-refractivity contribution < 1.29 is 4.79 Å². The summed E-state index contributed by atoms with van der Waals surface area (Å²) in [5.74, 6) is 0.252. The highest BCUT2D eigenvalue weighted by Crippen LogP contribution is 2.38. The van der Waals surface area contributed by atoms with Gasteiger partial charge in [-0.15, -0.1) is 0 Å². The smallest absolute Gasteiger partial charge is 0.169 e. The molecule has 0 unspecified atom stereocenters. The van der Waals surface area contributed by atoms with Crippen molar-refractivity contribution in [1.82, 2.24) is 4.98 Å². The van der Waals surface area contributed by atoms with Crippen LogP contribution in [0.5, 0.6) is 0 Å². The maximum absolute atomic E-state index is 11.0. The van der Waals surface area contributed by atoms with Gasteiger partial charge in [0.25, 0.3) is 0 Å². The van der Waals surface area contributed by atoms with E-state index in [0.29, 0.717) is 32.5 Å². The standard InChI is InChI=1S/C12H7Cl3N2O/c13-6-3-8(14)12(9(15)4-6)7-1-2-11(16)17-10(7)5-18/h1-5H,(H2,16,17). The fourth-order valence-corrected chi connectivity index (χ4v) is 2.61. The third kappa shape index (κ3) is 2.43. The van der Waals surface area contributed by atoms with Crippen LogP contribution in [0.1, 0.15) is 10.5 Å². The van der Waals surface area contributed by atoms with Gasteiger partial charge >= 0.3 is 0 Å². The van der Waals surface area contributed by atoms with Crippen LogP contribution < -0.4 is 5.73 Å². The summed E-state index contributed by atoms with van der Waals surface area (Å²) in [7, 11) is 0. The number of aldehydes is 1. The molecule has 92 valence electrons. The van der Waals surface area contributed by atoms with Gasteiger partial charge in [0.2, 0.25) is 0 Å². The van der Waals surface area contributed by atoms with Crippen molar-refractivity contribution in [2.75, 3.05) is 5.73 Å². The molecule has 0 radical (unpaired) electrons. The van der Waals surface area contributed by atoms with Crippen LogP contribution in [0.15, 0.2) is 24.3 Å². The zero-order valence-corrected chi connectivity index (χ0v) is 11.2. The Hall–Kier alpha value is -1.29. The SMILES string of the molecule is Nc1ccc(-c2c(Cl)cc(Cl)cc2Cl)c(C=O)n1. The zero-order chi connectivity index (χ0) is 13.3. The van der Waals surface area contributed by atoms with Crippen LogP contribution in [0.3, 0.4) is 0 Å². The third-order valence-electron chi connectivity index (χ3n) is 2.33. The average Bonchev–Trinajstić information content (AvgIpc) is 2.29. The van der Waals surface area contributed by atoms with Gasteiger partial charge in [0.05, 0.1) is 10.0 Å². The van der Waals surface area contributed by atoms with Gasteiger partial charge in [0, 0.05) is 16.1 Å². The molecule has 0 spiro atoms. The second kappa shape index (κ2) is 5.14. The van der Waals surface area contributed by atoms with Gasteiger partial charge in [0.1, 0.15) is 11.5 Å². The highest BCUT2D eigenvalue weighted by atomic mass is 35.5. The molecule has 0 aliphatic heterocycles. The summed E-state index contributed by atoms with van der Waals surface area (Å²) in [4.78, 5) is 14.9. The van der Waals surface area contributed by atoms with E-state index in [4.69, 9.17) is 40.5 Å². The van der Waals surface area contributed by atoms with Crippen LogP contribution in [0.25, 0.3) is 11.1 Å². The number of nitrogen functional groups attached to an aromatic ring is 1. The van der Waals surface area contributed by atoms with E-state index in [1.165, 1.54) is 0 Å². The minimum Gasteiger partial charge on any atom is -0.384 e. The third-order valence-corrected chi connectivity index (χ3v) is 3.15. The number of carbonyl (C=O) groups excluding carboxylic acids is 1. The van der Waals surface area contributed by atoms with Gasteiger partial charge in [-0.25, -0.2) is 4.98 Å². The van der Waals surface area contributed by atoms with E-state index in [1.807, 2.05) is 0 Å². The molecule has 0 fully saturated rings. The Morgan fingerprint density at radius 1 is 1.11 bits per heavy atom. The van der Waals surface area contributed by atoms with E-state index in [-0.39, 0.29) is 11.5 Å². The lowest BCUT2D eigenvalue weighted by Gasteiger charge is -2.10. The van der Waals surface area contributed by atoms with Crippen molar-refractivity contribution in [1.29, 1.82) is 0 Å². The lowest BCUT2D eigenvalue weighted by molar-refractivity contribution is 0.112. The maximum Gasteiger partial charge on any atom is 0.169 e. The molecule has 18 heavy (non-hydrogen) atoms. The van der Waals surface area contributed by atoms with E-state index in [0.717, 1.165) is 0 Å². The molecule has 2 N–H and O–H groups in total. The Morgan fingerprint density at radius 2 is 1.72 bits per heavy atom. The molecule has 0 atom stereocenters. The first-order chi connectivity index (χ1) is 8.52. The number of anilines is 1. The number of rotatable bonds is 2. The molecule has 0 saturated heterocycles. The molecule has 2 rings (SSSR count). The Kier molecular flexibility index (Phi) is 3.76. The number of hydrogen-bond acceptors (Lipinski definition) is 3. The molecular weight excluding hydrogens is 295 g/mol. The summed E-state index contributed by atoms with van der Waals surface area (Å²) >= 11 is 18.0. The lowest BCUT2D eigenvalue weighted by atomic mass is 10.0. The zero-order valence-electron chi connectivity index (χ0n) is 8.95. The van der Waals surface area contributed by atoms with Crippen LogP contribution in [-0.4, -0.2) is 11.3 Å². The predicted octanol–water partition coefficient (Wildman–Crippen LogP) is 4.10. The van der Waals surface area contributed by atoms with Crippen molar-refractivity contribution in [2.24, 2.45) is 0 Å². The average molecular weight is 302 g/mol. The summed E-state index contributed by atoms with van der Waals surface area (Å²) in [5, 5.41) is 1.12. The normalized spacial score (nSPS) is 10.4. The van der Waals surface area contributed by atoms with Crippen molar-refractivity contribution in [3.05, 3.63) is 45.0 Å². The first-order valence-corrected chi connectivity index (χ1v) is 6.03. The number of benzene rings is 1. The topological polar surface area (TPSA) is 56.0 Å². The molecule has 0 amide bonds. The molecular formula is C12H7Cl3N2O. The van der Waals surface area contributed by atoms with Crippen LogP contribution in [0.4, 0.5) is 5.82 Å². The molecule has 3 nitrogen and oxygen atoms in total. The van der Waals surface area contributed by atoms with Gasteiger partial charge in [0.15, 0.2) is 6.29 Å². The number of pyridine rings is 1.